The highest BCUT2D eigenvalue weighted by molar-refractivity contribution is 5.95. The van der Waals surface area contributed by atoms with Crippen LogP contribution in [0.2, 0.25) is 0 Å². The number of benzene rings is 1. The number of aliphatic carboxylic acids is 1. The number of para-hydroxylation sites is 1. The molecule has 1 aliphatic heterocycles. The maximum atomic E-state index is 12.8. The number of rotatable bonds is 4. The number of hydrogen-bond acceptors (Lipinski definition) is 3. The molecule has 5 nitrogen and oxygen atoms in total. The molecule has 3 rings (SSSR count). The van der Waals surface area contributed by atoms with Crippen molar-refractivity contribution in [2.75, 3.05) is 6.54 Å². The van der Waals surface area contributed by atoms with E-state index in [0.29, 0.717) is 18.7 Å². The Kier molecular flexibility index (Phi) is 4.55. The predicted molar refractivity (Wildman–Crippen MR) is 87.3 cm³/mol. The van der Waals surface area contributed by atoms with Gasteiger partial charge in [0.1, 0.15) is 5.69 Å². The number of likely N-dealkylation sites (tertiary alicyclic amines) is 1. The quantitative estimate of drug-likeness (QED) is 0.941. The van der Waals surface area contributed by atoms with Crippen LogP contribution < -0.4 is 0 Å². The van der Waals surface area contributed by atoms with E-state index >= 15 is 0 Å². The van der Waals surface area contributed by atoms with E-state index in [1.165, 1.54) is 0 Å². The first-order chi connectivity index (χ1) is 11.1. The molecule has 1 aromatic heterocycles. The third-order valence-electron chi connectivity index (χ3n) is 4.40. The summed E-state index contributed by atoms with van der Waals surface area (Å²) in [4.78, 5) is 29.9. The van der Waals surface area contributed by atoms with E-state index in [9.17, 15) is 9.59 Å². The number of carbonyl (C=O) groups is 2. The highest BCUT2D eigenvalue weighted by Crippen LogP contribution is 2.23. The first kappa shape index (κ1) is 15.5. The van der Waals surface area contributed by atoms with E-state index in [2.05, 4.69) is 4.98 Å². The topological polar surface area (TPSA) is 70.5 Å². The van der Waals surface area contributed by atoms with Gasteiger partial charge in [-0.05, 0) is 37.8 Å². The summed E-state index contributed by atoms with van der Waals surface area (Å²) in [5, 5.41) is 9.89. The molecule has 1 N–H and O–H groups in total. The Bertz CT molecular complexity index is 729. The fourth-order valence-corrected chi connectivity index (χ4v) is 3.19. The van der Waals surface area contributed by atoms with Crippen LogP contribution >= 0.6 is 0 Å². The minimum atomic E-state index is -0.813. The molecule has 1 aliphatic rings. The molecule has 1 saturated heterocycles. The summed E-state index contributed by atoms with van der Waals surface area (Å²) in [7, 11) is 0. The van der Waals surface area contributed by atoms with E-state index in [4.69, 9.17) is 5.11 Å². The first-order valence-electron chi connectivity index (χ1n) is 8.04. The normalized spacial score (nSPS) is 18.1. The van der Waals surface area contributed by atoms with E-state index in [0.717, 1.165) is 30.2 Å². The maximum Gasteiger partial charge on any atom is 0.303 e. The maximum absolute atomic E-state index is 12.8. The zero-order valence-electron chi connectivity index (χ0n) is 12.9. The highest BCUT2D eigenvalue weighted by Gasteiger charge is 2.28. The molecular formula is C18H20N2O3. The van der Waals surface area contributed by atoms with Crippen LogP contribution in [0.1, 0.15) is 42.6 Å². The molecule has 2 aromatic rings. The summed E-state index contributed by atoms with van der Waals surface area (Å²) in [6.45, 7) is 0.678. The Balaban J connectivity index is 1.81. The Labute approximate surface area is 134 Å². The van der Waals surface area contributed by atoms with Gasteiger partial charge < -0.3 is 10.0 Å². The molecule has 0 spiro atoms. The molecule has 0 bridgehead atoms. The average molecular weight is 312 g/mol. The summed E-state index contributed by atoms with van der Waals surface area (Å²) in [6, 6.07) is 11.4. The van der Waals surface area contributed by atoms with Gasteiger partial charge in [0.05, 0.1) is 5.52 Å². The number of amides is 1. The molecular weight excluding hydrogens is 292 g/mol. The van der Waals surface area contributed by atoms with Crippen molar-refractivity contribution in [2.45, 2.75) is 38.1 Å². The van der Waals surface area contributed by atoms with Crippen molar-refractivity contribution in [2.24, 2.45) is 0 Å². The molecule has 1 amide bonds. The van der Waals surface area contributed by atoms with Gasteiger partial charge in [-0.15, -0.1) is 0 Å². The van der Waals surface area contributed by atoms with Crippen molar-refractivity contribution in [1.29, 1.82) is 0 Å². The predicted octanol–water partition coefficient (Wildman–Crippen LogP) is 3.09. The lowest BCUT2D eigenvalue weighted by Crippen LogP contribution is -2.44. The summed E-state index contributed by atoms with van der Waals surface area (Å²) in [5.74, 6) is -0.905. The van der Waals surface area contributed by atoms with Crippen LogP contribution in [0.15, 0.2) is 36.4 Å². The molecule has 0 saturated carbocycles. The van der Waals surface area contributed by atoms with Crippen LogP contribution in [-0.4, -0.2) is 39.5 Å². The summed E-state index contributed by atoms with van der Waals surface area (Å²) in [6.07, 6.45) is 3.48. The Hall–Kier alpha value is -2.43. The van der Waals surface area contributed by atoms with Crippen LogP contribution in [0.5, 0.6) is 0 Å². The molecule has 1 atom stereocenters. The average Bonchev–Trinajstić information content (AvgIpc) is 2.59. The smallest absolute Gasteiger partial charge is 0.303 e. The van der Waals surface area contributed by atoms with Gasteiger partial charge in [0.25, 0.3) is 5.91 Å². The second kappa shape index (κ2) is 6.77. The summed E-state index contributed by atoms with van der Waals surface area (Å²) < 4.78 is 0. The van der Waals surface area contributed by atoms with Crippen molar-refractivity contribution in [1.82, 2.24) is 9.88 Å². The van der Waals surface area contributed by atoms with Crippen molar-refractivity contribution in [3.63, 3.8) is 0 Å². The largest absolute Gasteiger partial charge is 0.481 e. The second-order valence-electron chi connectivity index (χ2n) is 5.97. The minimum Gasteiger partial charge on any atom is -0.481 e. The number of aromatic nitrogens is 1. The fourth-order valence-electron chi connectivity index (χ4n) is 3.19. The molecule has 23 heavy (non-hydrogen) atoms. The van der Waals surface area contributed by atoms with Crippen molar-refractivity contribution in [3.05, 3.63) is 42.1 Å². The highest BCUT2D eigenvalue weighted by atomic mass is 16.4. The van der Waals surface area contributed by atoms with Crippen molar-refractivity contribution < 1.29 is 14.7 Å². The van der Waals surface area contributed by atoms with E-state index in [1.807, 2.05) is 35.2 Å². The number of hydrogen-bond donors (Lipinski definition) is 1. The van der Waals surface area contributed by atoms with Crippen LogP contribution in [0.4, 0.5) is 0 Å². The molecule has 2 heterocycles. The third kappa shape index (κ3) is 3.50. The molecule has 5 heteroatoms. The fraction of sp³-hybridized carbons (Fsp3) is 0.389. The lowest BCUT2D eigenvalue weighted by Gasteiger charge is -2.35. The second-order valence-corrected chi connectivity index (χ2v) is 5.97. The van der Waals surface area contributed by atoms with Gasteiger partial charge in [0.15, 0.2) is 0 Å². The Morgan fingerprint density at radius 3 is 2.83 bits per heavy atom. The zero-order chi connectivity index (χ0) is 16.2. The standard InChI is InChI=1S/C18H20N2O3/c21-17(22)11-9-14-6-3-4-12-20(14)18(23)16-10-8-13-5-1-2-7-15(13)19-16/h1-2,5,7-8,10,14H,3-4,6,9,11-12H2,(H,21,22). The Morgan fingerprint density at radius 1 is 1.17 bits per heavy atom. The third-order valence-corrected chi connectivity index (χ3v) is 4.40. The Morgan fingerprint density at radius 2 is 2.00 bits per heavy atom. The van der Waals surface area contributed by atoms with E-state index in [-0.39, 0.29) is 18.4 Å². The first-order valence-corrected chi connectivity index (χ1v) is 8.04. The molecule has 0 aliphatic carbocycles. The van der Waals surface area contributed by atoms with Crippen LogP contribution in [-0.2, 0) is 4.79 Å². The van der Waals surface area contributed by atoms with Crippen molar-refractivity contribution >= 4 is 22.8 Å². The van der Waals surface area contributed by atoms with Gasteiger partial charge in [-0.1, -0.05) is 24.3 Å². The van der Waals surface area contributed by atoms with Gasteiger partial charge in [0, 0.05) is 24.4 Å². The SMILES string of the molecule is O=C(O)CCC1CCCCN1C(=O)c1ccc2ccccc2n1. The summed E-state index contributed by atoms with van der Waals surface area (Å²) >= 11 is 0. The number of nitrogens with zero attached hydrogens (tertiary/aromatic N) is 2. The number of carbonyl (C=O) groups excluding carboxylic acids is 1. The zero-order valence-corrected chi connectivity index (χ0v) is 12.9. The lowest BCUT2D eigenvalue weighted by atomic mass is 9.97. The van der Waals surface area contributed by atoms with Crippen LogP contribution in [0, 0.1) is 0 Å². The molecule has 0 radical (unpaired) electrons. The van der Waals surface area contributed by atoms with Gasteiger partial charge in [-0.3, -0.25) is 9.59 Å². The van der Waals surface area contributed by atoms with Gasteiger partial charge in [0.2, 0.25) is 0 Å². The molecule has 120 valence electrons. The number of carboxylic acids is 1. The molecule has 1 unspecified atom stereocenters. The number of fused-ring (bicyclic) bond motifs is 1. The minimum absolute atomic E-state index is 0.000574. The van der Waals surface area contributed by atoms with Crippen LogP contribution in [0.3, 0.4) is 0 Å². The number of carboxylic acid groups (broad SMARTS) is 1. The van der Waals surface area contributed by atoms with Gasteiger partial charge >= 0.3 is 5.97 Å². The van der Waals surface area contributed by atoms with E-state index in [1.54, 1.807) is 6.07 Å². The van der Waals surface area contributed by atoms with Crippen molar-refractivity contribution in [3.8, 4) is 0 Å². The van der Waals surface area contributed by atoms with Gasteiger partial charge in [-0.2, -0.15) is 0 Å². The molecule has 1 fully saturated rings. The summed E-state index contributed by atoms with van der Waals surface area (Å²) in [5.41, 5.74) is 1.24. The number of pyridine rings is 1. The van der Waals surface area contributed by atoms with Gasteiger partial charge in [-0.25, -0.2) is 4.98 Å². The van der Waals surface area contributed by atoms with E-state index < -0.39 is 5.97 Å². The lowest BCUT2D eigenvalue weighted by molar-refractivity contribution is -0.137. The molecule has 1 aromatic carbocycles. The number of piperidine rings is 1. The monoisotopic (exact) mass is 312 g/mol. The van der Waals surface area contributed by atoms with Crippen LogP contribution in [0.25, 0.3) is 10.9 Å².